The second-order valence-electron chi connectivity index (χ2n) is 9.07. The van der Waals surface area contributed by atoms with E-state index >= 15 is 0 Å². The van der Waals surface area contributed by atoms with E-state index in [0.717, 1.165) is 52.8 Å². The molecule has 4 aromatic rings. The summed E-state index contributed by atoms with van der Waals surface area (Å²) in [6, 6.07) is 25.8. The molecule has 1 fully saturated rings. The van der Waals surface area contributed by atoms with Gasteiger partial charge in [0, 0.05) is 31.7 Å². The van der Waals surface area contributed by atoms with Crippen molar-refractivity contribution in [1.29, 1.82) is 0 Å². The van der Waals surface area contributed by atoms with Gasteiger partial charge in [0.1, 0.15) is 17.2 Å². The van der Waals surface area contributed by atoms with Gasteiger partial charge in [0.05, 0.1) is 30.8 Å². The third-order valence-electron chi connectivity index (χ3n) is 6.65. The van der Waals surface area contributed by atoms with Crippen LogP contribution in [-0.4, -0.2) is 60.5 Å². The zero-order valence-electron chi connectivity index (χ0n) is 21.6. The van der Waals surface area contributed by atoms with Crippen molar-refractivity contribution in [2.75, 3.05) is 44.8 Å². The number of piperazine rings is 1. The largest absolute Gasteiger partial charge is 0.497 e. The molecule has 0 radical (unpaired) electrons. The first-order valence-electron chi connectivity index (χ1n) is 12.6. The number of carbonyl (C=O) groups is 1. The molecule has 1 aliphatic heterocycles. The number of rotatable bonds is 7. The highest BCUT2D eigenvalue weighted by atomic mass is 16.5. The van der Waals surface area contributed by atoms with Crippen molar-refractivity contribution < 1.29 is 14.3 Å². The number of benzene rings is 3. The number of aromatic nitrogens is 2. The van der Waals surface area contributed by atoms with Crippen LogP contribution in [0, 0.1) is 6.92 Å². The monoisotopic (exact) mass is 496 g/mol. The Bertz CT molecular complexity index is 1370. The molecule has 1 amide bonds. The summed E-state index contributed by atoms with van der Waals surface area (Å²) in [5.41, 5.74) is 5.25. The van der Waals surface area contributed by atoms with Gasteiger partial charge in [0.2, 0.25) is 0 Å². The third kappa shape index (κ3) is 5.16. The smallest absolute Gasteiger partial charge is 0.272 e. The van der Waals surface area contributed by atoms with Crippen LogP contribution in [0.2, 0.25) is 0 Å². The second-order valence-corrected chi connectivity index (χ2v) is 9.07. The number of para-hydroxylation sites is 2. The first kappa shape index (κ1) is 24.4. The van der Waals surface area contributed by atoms with Crippen molar-refractivity contribution in [3.63, 3.8) is 0 Å². The lowest BCUT2D eigenvalue weighted by Crippen LogP contribution is -2.49. The van der Waals surface area contributed by atoms with Gasteiger partial charge in [-0.1, -0.05) is 42.0 Å². The molecule has 2 heterocycles. The molecule has 0 atom stereocenters. The van der Waals surface area contributed by atoms with Gasteiger partial charge < -0.3 is 19.3 Å². The van der Waals surface area contributed by atoms with Gasteiger partial charge >= 0.3 is 0 Å². The Hall–Kier alpha value is -4.26. The van der Waals surface area contributed by atoms with E-state index in [2.05, 4.69) is 11.0 Å². The van der Waals surface area contributed by atoms with Crippen LogP contribution in [-0.2, 0) is 0 Å². The quantitative estimate of drug-likeness (QED) is 0.351. The molecule has 5 rings (SSSR count). The maximum Gasteiger partial charge on any atom is 0.272 e. The Morgan fingerprint density at radius 1 is 0.919 bits per heavy atom. The Morgan fingerprint density at radius 3 is 2.41 bits per heavy atom. The first-order chi connectivity index (χ1) is 18.1. The molecule has 0 N–H and O–H groups in total. The summed E-state index contributed by atoms with van der Waals surface area (Å²) in [4.78, 5) is 18.0. The van der Waals surface area contributed by atoms with Gasteiger partial charge in [0.25, 0.3) is 5.91 Å². The molecule has 37 heavy (non-hydrogen) atoms. The summed E-state index contributed by atoms with van der Waals surface area (Å²) >= 11 is 0. The van der Waals surface area contributed by atoms with Gasteiger partial charge in [-0.3, -0.25) is 4.79 Å². The highest BCUT2D eigenvalue weighted by Gasteiger charge is 2.27. The summed E-state index contributed by atoms with van der Waals surface area (Å²) in [5, 5.41) is 4.85. The van der Waals surface area contributed by atoms with Crippen molar-refractivity contribution in [1.82, 2.24) is 14.7 Å². The van der Waals surface area contributed by atoms with Crippen molar-refractivity contribution in [2.45, 2.75) is 13.8 Å². The number of anilines is 1. The molecule has 1 aliphatic rings. The number of methoxy groups -OCH3 is 1. The molecule has 7 nitrogen and oxygen atoms in total. The number of nitrogens with zero attached hydrogens (tertiary/aromatic N) is 4. The Kier molecular flexibility index (Phi) is 7.12. The fourth-order valence-electron chi connectivity index (χ4n) is 4.65. The molecule has 0 saturated carbocycles. The van der Waals surface area contributed by atoms with Gasteiger partial charge in [-0.25, -0.2) is 4.68 Å². The topological polar surface area (TPSA) is 59.8 Å². The number of amides is 1. The van der Waals surface area contributed by atoms with Crippen molar-refractivity contribution in [3.8, 4) is 28.4 Å². The van der Waals surface area contributed by atoms with Gasteiger partial charge in [0.15, 0.2) is 0 Å². The molecular formula is C30H32N4O3. The molecule has 0 unspecified atom stereocenters. The number of hydrogen-bond acceptors (Lipinski definition) is 5. The minimum absolute atomic E-state index is 0.0278. The van der Waals surface area contributed by atoms with E-state index in [-0.39, 0.29) is 5.91 Å². The molecule has 3 aromatic carbocycles. The molecule has 1 aromatic heterocycles. The Balaban J connectivity index is 1.42. The molecule has 0 spiro atoms. The van der Waals surface area contributed by atoms with Crippen LogP contribution in [0.3, 0.4) is 0 Å². The summed E-state index contributed by atoms with van der Waals surface area (Å²) in [5.74, 6) is 1.60. The van der Waals surface area contributed by atoms with E-state index in [0.29, 0.717) is 25.4 Å². The van der Waals surface area contributed by atoms with Crippen LogP contribution in [0.15, 0.2) is 78.9 Å². The van der Waals surface area contributed by atoms with E-state index in [1.54, 1.807) is 11.8 Å². The van der Waals surface area contributed by atoms with Crippen molar-refractivity contribution in [3.05, 3.63) is 90.1 Å². The minimum atomic E-state index is -0.0278. The average molecular weight is 497 g/mol. The summed E-state index contributed by atoms with van der Waals surface area (Å²) in [6.07, 6.45) is 0. The zero-order valence-corrected chi connectivity index (χ0v) is 21.6. The molecule has 190 valence electrons. The van der Waals surface area contributed by atoms with Crippen LogP contribution in [0.25, 0.3) is 16.9 Å². The maximum atomic E-state index is 13.8. The predicted octanol–water partition coefficient (Wildman–Crippen LogP) is 5.22. The van der Waals surface area contributed by atoms with Crippen molar-refractivity contribution in [2.24, 2.45) is 0 Å². The minimum Gasteiger partial charge on any atom is -0.497 e. The molecule has 7 heteroatoms. The van der Waals surface area contributed by atoms with E-state index in [1.165, 1.54) is 0 Å². The van der Waals surface area contributed by atoms with E-state index in [1.807, 2.05) is 91.5 Å². The van der Waals surface area contributed by atoms with Crippen LogP contribution in [0.4, 0.5) is 5.69 Å². The lowest BCUT2D eigenvalue weighted by atomic mass is 10.1. The third-order valence-corrected chi connectivity index (χ3v) is 6.65. The van der Waals surface area contributed by atoms with E-state index in [4.69, 9.17) is 14.6 Å². The van der Waals surface area contributed by atoms with Crippen LogP contribution in [0.1, 0.15) is 23.0 Å². The number of ether oxygens (including phenoxy) is 2. The average Bonchev–Trinajstić information content (AvgIpc) is 3.39. The van der Waals surface area contributed by atoms with Gasteiger partial charge in [-0.2, -0.15) is 5.10 Å². The Morgan fingerprint density at radius 2 is 1.68 bits per heavy atom. The fraction of sp³-hybridized carbons (Fsp3) is 0.267. The number of aryl methyl sites for hydroxylation is 1. The van der Waals surface area contributed by atoms with Gasteiger partial charge in [-0.15, -0.1) is 0 Å². The van der Waals surface area contributed by atoms with Crippen LogP contribution >= 0.6 is 0 Å². The molecular weight excluding hydrogens is 464 g/mol. The lowest BCUT2D eigenvalue weighted by Gasteiger charge is -2.36. The summed E-state index contributed by atoms with van der Waals surface area (Å²) in [6.45, 7) is 7.36. The van der Waals surface area contributed by atoms with E-state index < -0.39 is 0 Å². The van der Waals surface area contributed by atoms with Crippen LogP contribution < -0.4 is 14.4 Å². The SMILES string of the molecule is CCOc1ccccc1N1CCN(C(=O)c2cc(-c3cccc(OC)c3)nn2-c2ccc(C)cc2)CC1. The van der Waals surface area contributed by atoms with Crippen molar-refractivity contribution >= 4 is 11.6 Å². The molecule has 0 bridgehead atoms. The lowest BCUT2D eigenvalue weighted by molar-refractivity contribution is 0.0737. The summed E-state index contributed by atoms with van der Waals surface area (Å²) < 4.78 is 13.0. The van der Waals surface area contributed by atoms with E-state index in [9.17, 15) is 4.79 Å². The standard InChI is InChI=1S/C30H32N4O3/c1-4-37-29-11-6-5-10-27(29)32-16-18-33(19-17-32)30(35)28-21-26(23-8-7-9-25(20-23)36-3)31-34(28)24-14-12-22(2)13-15-24/h5-15,20-21H,4,16-19H2,1-3H3. The number of hydrogen-bond donors (Lipinski definition) is 0. The predicted molar refractivity (Wildman–Crippen MR) is 146 cm³/mol. The highest BCUT2D eigenvalue weighted by molar-refractivity contribution is 5.94. The summed E-state index contributed by atoms with van der Waals surface area (Å²) in [7, 11) is 1.64. The van der Waals surface area contributed by atoms with Gasteiger partial charge in [-0.05, 0) is 56.3 Å². The molecule has 1 saturated heterocycles. The van der Waals surface area contributed by atoms with Crippen LogP contribution in [0.5, 0.6) is 11.5 Å². The fourth-order valence-corrected chi connectivity index (χ4v) is 4.65. The second kappa shape index (κ2) is 10.8. The number of carbonyl (C=O) groups excluding carboxylic acids is 1. The highest BCUT2D eigenvalue weighted by Crippen LogP contribution is 2.30. The normalized spacial score (nSPS) is 13.5. The Labute approximate surface area is 217 Å². The maximum absolute atomic E-state index is 13.8. The molecule has 0 aliphatic carbocycles. The zero-order chi connectivity index (χ0) is 25.8. The first-order valence-corrected chi connectivity index (χ1v) is 12.6.